The quantitative estimate of drug-likeness (QED) is 0.512. The van der Waals surface area contributed by atoms with E-state index in [9.17, 15) is 19.7 Å². The lowest BCUT2D eigenvalue weighted by molar-refractivity contribution is -0.384. The second kappa shape index (κ2) is 9.38. The highest BCUT2D eigenvalue weighted by atomic mass is 16.6. The highest BCUT2D eigenvalue weighted by molar-refractivity contribution is 5.99. The van der Waals surface area contributed by atoms with Gasteiger partial charge in [0.2, 0.25) is 11.8 Å². The number of anilines is 2. The summed E-state index contributed by atoms with van der Waals surface area (Å²) < 4.78 is 0. The van der Waals surface area contributed by atoms with Crippen molar-refractivity contribution in [3.63, 3.8) is 0 Å². The van der Waals surface area contributed by atoms with Gasteiger partial charge >= 0.3 is 0 Å². The van der Waals surface area contributed by atoms with Crippen molar-refractivity contribution in [3.8, 4) is 0 Å². The Hall–Kier alpha value is -3.42. The molecule has 2 aromatic carbocycles. The number of piperidine rings is 1. The predicted molar refractivity (Wildman–Crippen MR) is 123 cm³/mol. The van der Waals surface area contributed by atoms with Crippen LogP contribution in [-0.2, 0) is 16.0 Å². The predicted octanol–water partition coefficient (Wildman–Crippen LogP) is 3.31. The molecule has 2 aromatic rings. The number of carbonyl (C=O) groups excluding carboxylic acids is 2. The van der Waals surface area contributed by atoms with Gasteiger partial charge in [0.1, 0.15) is 0 Å². The minimum Gasteiger partial charge on any atom is -0.353 e. The maximum Gasteiger partial charge on any atom is 0.269 e. The summed E-state index contributed by atoms with van der Waals surface area (Å²) in [6, 6.07) is 12.4. The molecule has 0 N–H and O–H groups in total. The van der Waals surface area contributed by atoms with Gasteiger partial charge in [0.15, 0.2) is 0 Å². The maximum atomic E-state index is 13.3. The number of non-ortho nitro benzene ring substituents is 1. The molecule has 0 spiro atoms. The molecule has 1 fully saturated rings. The van der Waals surface area contributed by atoms with Crippen LogP contribution in [0.1, 0.15) is 30.4 Å². The summed E-state index contributed by atoms with van der Waals surface area (Å²) >= 11 is 0. The third-order valence-corrected chi connectivity index (χ3v) is 6.23. The largest absolute Gasteiger partial charge is 0.353 e. The van der Waals surface area contributed by atoms with Gasteiger partial charge in [0, 0.05) is 43.1 Å². The van der Waals surface area contributed by atoms with Gasteiger partial charge < -0.3 is 14.7 Å². The van der Waals surface area contributed by atoms with Crippen molar-refractivity contribution in [1.82, 2.24) is 4.90 Å². The van der Waals surface area contributed by atoms with Gasteiger partial charge in [-0.05, 0) is 56.4 Å². The first kappa shape index (κ1) is 21.8. The van der Waals surface area contributed by atoms with E-state index < -0.39 is 4.92 Å². The van der Waals surface area contributed by atoms with Crippen molar-refractivity contribution in [2.45, 2.75) is 32.6 Å². The molecule has 0 bridgehead atoms. The number of rotatable bonds is 6. The number of carbonyl (C=O) groups is 2. The third kappa shape index (κ3) is 4.74. The Morgan fingerprint density at radius 1 is 0.969 bits per heavy atom. The van der Waals surface area contributed by atoms with Crippen LogP contribution in [0.3, 0.4) is 0 Å². The molecule has 0 unspecified atom stereocenters. The number of nitro benzene ring substituents is 1. The van der Waals surface area contributed by atoms with E-state index in [-0.39, 0.29) is 30.6 Å². The van der Waals surface area contributed by atoms with Crippen molar-refractivity contribution in [3.05, 3.63) is 63.7 Å². The van der Waals surface area contributed by atoms with Gasteiger partial charge in [-0.1, -0.05) is 17.7 Å². The molecular formula is C24H28N4O4. The summed E-state index contributed by atoms with van der Waals surface area (Å²) in [5.41, 5.74) is 3.49. The minimum atomic E-state index is -0.421. The van der Waals surface area contributed by atoms with E-state index >= 15 is 0 Å². The summed E-state index contributed by atoms with van der Waals surface area (Å²) in [6.07, 6.45) is 3.77. The number of amides is 2. The first-order valence-electron chi connectivity index (χ1n) is 11.1. The van der Waals surface area contributed by atoms with Crippen molar-refractivity contribution in [2.75, 3.05) is 42.5 Å². The molecule has 2 aliphatic rings. The van der Waals surface area contributed by atoms with Gasteiger partial charge in [-0.3, -0.25) is 19.7 Å². The maximum absolute atomic E-state index is 13.3. The number of fused-ring (bicyclic) bond motifs is 1. The lowest BCUT2D eigenvalue weighted by Gasteiger charge is -2.31. The SMILES string of the molecule is Cc1ccc(N(CC(=O)N2CCCCC2)CC(=O)N2CCc3cc([N+](=O)[O-])ccc32)cc1. The molecule has 0 saturated carbocycles. The van der Waals surface area contributed by atoms with Crippen LogP contribution in [0.15, 0.2) is 42.5 Å². The highest BCUT2D eigenvalue weighted by Gasteiger charge is 2.29. The summed E-state index contributed by atoms with van der Waals surface area (Å²) in [5.74, 6) is -0.0832. The summed E-state index contributed by atoms with van der Waals surface area (Å²) in [6.45, 7) is 4.24. The molecule has 168 valence electrons. The average Bonchev–Trinajstić information content (AvgIpc) is 3.23. The van der Waals surface area contributed by atoms with Crippen LogP contribution in [0.5, 0.6) is 0 Å². The zero-order chi connectivity index (χ0) is 22.7. The van der Waals surface area contributed by atoms with Crippen LogP contribution >= 0.6 is 0 Å². The van der Waals surface area contributed by atoms with E-state index in [0.717, 1.165) is 49.2 Å². The van der Waals surface area contributed by atoms with E-state index in [1.807, 2.05) is 41.0 Å². The molecule has 1 saturated heterocycles. The molecule has 4 rings (SSSR count). The zero-order valence-electron chi connectivity index (χ0n) is 18.3. The average molecular weight is 437 g/mol. The number of likely N-dealkylation sites (tertiary alicyclic amines) is 1. The molecule has 2 heterocycles. The van der Waals surface area contributed by atoms with E-state index in [1.54, 1.807) is 17.0 Å². The fourth-order valence-electron chi connectivity index (χ4n) is 4.41. The van der Waals surface area contributed by atoms with Crippen LogP contribution < -0.4 is 9.80 Å². The van der Waals surface area contributed by atoms with E-state index in [4.69, 9.17) is 0 Å². The Balaban J connectivity index is 1.52. The van der Waals surface area contributed by atoms with Gasteiger partial charge in [-0.25, -0.2) is 0 Å². The Labute approximate surface area is 187 Å². The van der Waals surface area contributed by atoms with E-state index in [0.29, 0.717) is 18.7 Å². The number of hydrogen-bond donors (Lipinski definition) is 0. The standard InChI is InChI=1S/C24H28N4O4/c1-18-5-7-20(8-6-18)26(16-23(29)25-12-3-2-4-13-25)17-24(30)27-14-11-19-15-21(28(31)32)9-10-22(19)27/h5-10,15H,2-4,11-14,16-17H2,1H3. The second-order valence-corrected chi connectivity index (χ2v) is 8.50. The normalized spacial score (nSPS) is 15.4. The van der Waals surface area contributed by atoms with Crippen LogP contribution in [0.2, 0.25) is 0 Å². The Morgan fingerprint density at radius 2 is 1.66 bits per heavy atom. The van der Waals surface area contributed by atoms with Gasteiger partial charge in [0.05, 0.1) is 18.0 Å². The summed E-state index contributed by atoms with van der Waals surface area (Å²) in [5, 5.41) is 11.1. The van der Waals surface area contributed by atoms with E-state index in [2.05, 4.69) is 0 Å². The molecule has 32 heavy (non-hydrogen) atoms. The number of nitro groups is 1. The lowest BCUT2D eigenvalue weighted by atomic mass is 10.1. The molecule has 2 amide bonds. The first-order valence-corrected chi connectivity index (χ1v) is 11.1. The first-order chi connectivity index (χ1) is 15.4. The van der Waals surface area contributed by atoms with Crippen molar-refractivity contribution >= 4 is 28.9 Å². The molecule has 0 aliphatic carbocycles. The van der Waals surface area contributed by atoms with Crippen molar-refractivity contribution < 1.29 is 14.5 Å². The molecular weight excluding hydrogens is 408 g/mol. The molecule has 0 atom stereocenters. The van der Waals surface area contributed by atoms with Gasteiger partial charge in [0.25, 0.3) is 5.69 Å². The van der Waals surface area contributed by atoms with Crippen LogP contribution in [-0.4, -0.2) is 54.4 Å². The highest BCUT2D eigenvalue weighted by Crippen LogP contribution is 2.31. The van der Waals surface area contributed by atoms with Crippen LogP contribution in [0.25, 0.3) is 0 Å². The second-order valence-electron chi connectivity index (χ2n) is 8.50. The van der Waals surface area contributed by atoms with Crippen LogP contribution in [0, 0.1) is 17.0 Å². The molecule has 8 nitrogen and oxygen atoms in total. The molecule has 2 aliphatic heterocycles. The summed E-state index contributed by atoms with van der Waals surface area (Å²) in [4.78, 5) is 42.2. The Bertz CT molecular complexity index is 1020. The number of hydrogen-bond acceptors (Lipinski definition) is 5. The van der Waals surface area contributed by atoms with Crippen LogP contribution in [0.4, 0.5) is 17.1 Å². The molecule has 0 aromatic heterocycles. The number of aryl methyl sites for hydroxylation is 1. The van der Waals surface area contributed by atoms with Gasteiger partial charge in [-0.2, -0.15) is 0 Å². The fourth-order valence-corrected chi connectivity index (χ4v) is 4.41. The van der Waals surface area contributed by atoms with Gasteiger partial charge in [-0.15, -0.1) is 0 Å². The molecule has 0 radical (unpaired) electrons. The zero-order valence-corrected chi connectivity index (χ0v) is 18.3. The molecule has 8 heteroatoms. The number of benzene rings is 2. The van der Waals surface area contributed by atoms with Crippen molar-refractivity contribution in [1.29, 1.82) is 0 Å². The van der Waals surface area contributed by atoms with Crippen molar-refractivity contribution in [2.24, 2.45) is 0 Å². The Morgan fingerprint density at radius 3 is 2.34 bits per heavy atom. The minimum absolute atomic E-state index is 0.0338. The van der Waals surface area contributed by atoms with E-state index in [1.165, 1.54) is 6.07 Å². The smallest absolute Gasteiger partial charge is 0.269 e. The fraction of sp³-hybridized carbons (Fsp3) is 0.417. The summed E-state index contributed by atoms with van der Waals surface area (Å²) in [7, 11) is 0. The number of nitrogens with zero attached hydrogens (tertiary/aromatic N) is 4. The Kier molecular flexibility index (Phi) is 6.39. The lowest BCUT2D eigenvalue weighted by Crippen LogP contribution is -2.46. The third-order valence-electron chi connectivity index (χ3n) is 6.23. The topological polar surface area (TPSA) is 87.0 Å². The monoisotopic (exact) mass is 436 g/mol.